The predicted molar refractivity (Wildman–Crippen MR) is 159 cm³/mol. The van der Waals surface area contributed by atoms with E-state index in [2.05, 4.69) is 48.6 Å². The quantitative estimate of drug-likeness (QED) is 0.311. The maximum atomic E-state index is 6.45. The van der Waals surface area contributed by atoms with Crippen LogP contribution in [0.2, 0.25) is 5.02 Å². The molecule has 0 saturated carbocycles. The average molecular weight is 553 g/mol. The number of nitrogens with zero attached hydrogens (tertiary/aromatic N) is 6. The summed E-state index contributed by atoms with van der Waals surface area (Å²) >= 11 is 8.08. The monoisotopic (exact) mass is 552 g/mol. The molecule has 10 heteroatoms. The number of pyridine rings is 1. The smallest absolute Gasteiger partial charge is 0.229 e. The van der Waals surface area contributed by atoms with E-state index >= 15 is 0 Å². The standard InChI is InChI=1S/C28H37ClN8S/c1-20-23(11-12-26(31-20)37-17-13-21(14-18-37)36-15-7-4-8-16-36)33-28-30-19-22(29)27(34-28)32-24-9-5-6-10-25(24)38-35(2)3/h5-6,9-12,19,21H,4,7-8,13-18H2,1-3H3,(H2,30,32,33,34). The van der Waals surface area contributed by atoms with E-state index in [1.807, 2.05) is 43.5 Å². The number of aryl methyl sites for hydroxylation is 1. The molecule has 2 aliphatic rings. The molecule has 38 heavy (non-hydrogen) atoms. The highest BCUT2D eigenvalue weighted by Crippen LogP contribution is 2.33. The van der Waals surface area contributed by atoms with Crippen LogP contribution in [0.1, 0.15) is 37.8 Å². The molecule has 0 aliphatic carbocycles. The molecule has 0 atom stereocenters. The third kappa shape index (κ3) is 6.69. The van der Waals surface area contributed by atoms with E-state index in [1.165, 1.54) is 45.2 Å². The highest BCUT2D eigenvalue weighted by molar-refractivity contribution is 7.97. The van der Waals surface area contributed by atoms with E-state index < -0.39 is 0 Å². The predicted octanol–water partition coefficient (Wildman–Crippen LogP) is 6.34. The van der Waals surface area contributed by atoms with Crippen LogP contribution < -0.4 is 15.5 Å². The number of nitrogens with one attached hydrogen (secondary N) is 2. The molecule has 2 aliphatic heterocycles. The SMILES string of the molecule is Cc1nc(N2CCC(N3CCCCC3)CC2)ccc1Nc1ncc(Cl)c(Nc2ccccc2SN(C)C)n1. The van der Waals surface area contributed by atoms with Gasteiger partial charge in [0.25, 0.3) is 0 Å². The first-order valence-electron chi connectivity index (χ1n) is 13.4. The fourth-order valence-electron chi connectivity index (χ4n) is 5.21. The Morgan fingerprint density at radius 3 is 2.42 bits per heavy atom. The summed E-state index contributed by atoms with van der Waals surface area (Å²) in [6, 6.07) is 13.0. The molecule has 2 aromatic heterocycles. The van der Waals surface area contributed by atoms with Crippen LogP contribution in [-0.2, 0) is 0 Å². The van der Waals surface area contributed by atoms with Gasteiger partial charge in [0.2, 0.25) is 5.95 Å². The zero-order chi connectivity index (χ0) is 26.5. The van der Waals surface area contributed by atoms with Crippen molar-refractivity contribution in [2.45, 2.75) is 50.0 Å². The van der Waals surface area contributed by atoms with Crippen molar-refractivity contribution >= 4 is 52.5 Å². The second-order valence-corrected chi connectivity index (χ2v) is 11.9. The molecule has 2 fully saturated rings. The Morgan fingerprint density at radius 1 is 0.921 bits per heavy atom. The molecule has 0 spiro atoms. The van der Waals surface area contributed by atoms with E-state index in [-0.39, 0.29) is 0 Å². The van der Waals surface area contributed by atoms with E-state index in [4.69, 9.17) is 16.6 Å². The number of aromatic nitrogens is 3. The number of hydrogen-bond acceptors (Lipinski definition) is 9. The van der Waals surface area contributed by atoms with Crippen LogP contribution in [0.4, 0.5) is 29.0 Å². The Bertz CT molecular complexity index is 1230. The second kappa shape index (κ2) is 12.5. The molecule has 4 heterocycles. The third-order valence-corrected chi connectivity index (χ3v) is 8.37. The Hall–Kier alpha value is -2.59. The van der Waals surface area contributed by atoms with Gasteiger partial charge in [-0.1, -0.05) is 30.2 Å². The summed E-state index contributed by atoms with van der Waals surface area (Å²) in [4.78, 5) is 20.2. The highest BCUT2D eigenvalue weighted by Gasteiger charge is 2.26. The van der Waals surface area contributed by atoms with Crippen molar-refractivity contribution in [3.05, 3.63) is 53.3 Å². The number of benzene rings is 1. The van der Waals surface area contributed by atoms with Gasteiger partial charge in [0, 0.05) is 24.0 Å². The van der Waals surface area contributed by atoms with Crippen LogP contribution in [0.25, 0.3) is 0 Å². The lowest BCUT2D eigenvalue weighted by Gasteiger charge is -2.40. The Morgan fingerprint density at radius 2 is 1.68 bits per heavy atom. The lowest BCUT2D eigenvalue weighted by atomic mass is 10.00. The van der Waals surface area contributed by atoms with E-state index in [0.29, 0.717) is 16.8 Å². The van der Waals surface area contributed by atoms with Crippen LogP contribution in [0.5, 0.6) is 0 Å². The average Bonchev–Trinajstić information content (AvgIpc) is 2.93. The molecule has 2 saturated heterocycles. The first kappa shape index (κ1) is 27.0. The van der Waals surface area contributed by atoms with Crippen LogP contribution >= 0.6 is 23.5 Å². The topological polar surface area (TPSA) is 72.5 Å². The number of hydrogen-bond donors (Lipinski definition) is 2. The maximum absolute atomic E-state index is 6.45. The van der Waals surface area contributed by atoms with Crippen molar-refractivity contribution in [1.29, 1.82) is 0 Å². The van der Waals surface area contributed by atoms with Gasteiger partial charge in [-0.05, 0) is 96.0 Å². The Labute approximate surface area is 235 Å². The zero-order valence-electron chi connectivity index (χ0n) is 22.5. The van der Waals surface area contributed by atoms with E-state index in [1.54, 1.807) is 18.1 Å². The van der Waals surface area contributed by atoms with Gasteiger partial charge in [-0.2, -0.15) is 4.98 Å². The van der Waals surface area contributed by atoms with Gasteiger partial charge in [-0.3, -0.25) is 4.31 Å². The number of anilines is 5. The Kier molecular flexibility index (Phi) is 8.89. The van der Waals surface area contributed by atoms with Gasteiger partial charge in [0.15, 0.2) is 5.82 Å². The molecule has 1 aromatic carbocycles. The van der Waals surface area contributed by atoms with Crippen molar-refractivity contribution in [1.82, 2.24) is 24.2 Å². The first-order valence-corrected chi connectivity index (χ1v) is 14.6. The molecule has 5 rings (SSSR count). The highest BCUT2D eigenvalue weighted by atomic mass is 35.5. The number of rotatable bonds is 8. The van der Waals surface area contributed by atoms with Gasteiger partial charge in [0.1, 0.15) is 10.8 Å². The van der Waals surface area contributed by atoms with Crippen molar-refractivity contribution in [3.8, 4) is 0 Å². The summed E-state index contributed by atoms with van der Waals surface area (Å²) in [7, 11) is 4.03. The van der Waals surface area contributed by atoms with Crippen molar-refractivity contribution in [3.63, 3.8) is 0 Å². The number of para-hydroxylation sites is 1. The number of halogens is 1. The summed E-state index contributed by atoms with van der Waals surface area (Å²) in [5.74, 6) is 2.06. The van der Waals surface area contributed by atoms with Crippen molar-refractivity contribution in [2.75, 3.05) is 55.8 Å². The fraction of sp³-hybridized carbons (Fsp3) is 0.464. The summed E-state index contributed by atoms with van der Waals surface area (Å²) in [6.45, 7) is 6.69. The molecule has 202 valence electrons. The fourth-order valence-corrected chi connectivity index (χ4v) is 6.10. The van der Waals surface area contributed by atoms with Crippen LogP contribution in [0, 0.1) is 6.92 Å². The van der Waals surface area contributed by atoms with Crippen LogP contribution in [0.3, 0.4) is 0 Å². The molecule has 3 aromatic rings. The molecule has 2 N–H and O–H groups in total. The van der Waals surface area contributed by atoms with E-state index in [9.17, 15) is 0 Å². The molecule has 8 nitrogen and oxygen atoms in total. The summed E-state index contributed by atoms with van der Waals surface area (Å²) in [5, 5.41) is 7.16. The lowest BCUT2D eigenvalue weighted by Crippen LogP contribution is -2.46. The van der Waals surface area contributed by atoms with Crippen molar-refractivity contribution in [2.24, 2.45) is 0 Å². The van der Waals surface area contributed by atoms with Gasteiger partial charge < -0.3 is 20.4 Å². The summed E-state index contributed by atoms with van der Waals surface area (Å²) < 4.78 is 2.05. The van der Waals surface area contributed by atoms with E-state index in [0.717, 1.165) is 46.9 Å². The summed E-state index contributed by atoms with van der Waals surface area (Å²) in [6.07, 6.45) is 8.14. The lowest BCUT2D eigenvalue weighted by molar-refractivity contribution is 0.141. The third-order valence-electron chi connectivity index (χ3n) is 7.18. The van der Waals surface area contributed by atoms with Crippen molar-refractivity contribution < 1.29 is 0 Å². The number of likely N-dealkylation sites (tertiary alicyclic amines) is 1. The second-order valence-electron chi connectivity index (χ2n) is 10.2. The van der Waals surface area contributed by atoms with Gasteiger partial charge in [0.05, 0.1) is 23.3 Å². The minimum Gasteiger partial charge on any atom is -0.356 e. The zero-order valence-corrected chi connectivity index (χ0v) is 24.0. The first-order chi connectivity index (χ1) is 18.5. The maximum Gasteiger partial charge on any atom is 0.229 e. The molecule has 0 bridgehead atoms. The molecule has 0 amide bonds. The minimum absolute atomic E-state index is 0.457. The van der Waals surface area contributed by atoms with Crippen LogP contribution in [-0.4, -0.2) is 70.5 Å². The van der Waals surface area contributed by atoms with Gasteiger partial charge >= 0.3 is 0 Å². The number of piperidine rings is 2. The molecular weight excluding hydrogens is 516 g/mol. The van der Waals surface area contributed by atoms with Crippen LogP contribution in [0.15, 0.2) is 47.5 Å². The largest absolute Gasteiger partial charge is 0.356 e. The Balaban J connectivity index is 1.24. The molecular formula is C28H37ClN8S. The molecule has 0 unspecified atom stereocenters. The molecule has 0 radical (unpaired) electrons. The summed E-state index contributed by atoms with van der Waals surface area (Å²) in [5.41, 5.74) is 2.74. The normalized spacial score (nSPS) is 17.1. The van der Waals surface area contributed by atoms with Gasteiger partial charge in [-0.15, -0.1) is 0 Å². The van der Waals surface area contributed by atoms with Gasteiger partial charge in [-0.25, -0.2) is 9.97 Å². The minimum atomic E-state index is 0.457.